The number of nitrogens with zero attached hydrogens (tertiary/aromatic N) is 1. The van der Waals surface area contributed by atoms with Crippen molar-refractivity contribution in [1.29, 1.82) is 0 Å². The Balaban J connectivity index is 1.69. The van der Waals surface area contributed by atoms with E-state index in [1.54, 1.807) is 30.3 Å². The van der Waals surface area contributed by atoms with Crippen molar-refractivity contribution in [3.63, 3.8) is 0 Å². The summed E-state index contributed by atoms with van der Waals surface area (Å²) in [5.74, 6) is -0.773. The molecule has 2 aromatic carbocycles. The molecule has 158 valence electrons. The van der Waals surface area contributed by atoms with Gasteiger partial charge >= 0.3 is 0 Å². The molecule has 3 aromatic rings. The van der Waals surface area contributed by atoms with Crippen LogP contribution in [0.15, 0.2) is 82.7 Å². The quantitative estimate of drug-likeness (QED) is 0.559. The van der Waals surface area contributed by atoms with E-state index in [1.807, 2.05) is 30.3 Å². The first-order chi connectivity index (χ1) is 15.0. The van der Waals surface area contributed by atoms with Gasteiger partial charge in [-0.1, -0.05) is 41.9 Å². The lowest BCUT2D eigenvalue weighted by Gasteiger charge is -2.25. The second kappa shape index (κ2) is 8.70. The number of benzene rings is 2. The van der Waals surface area contributed by atoms with Gasteiger partial charge in [-0.05, 0) is 42.3 Å². The Kier molecular flexibility index (Phi) is 5.82. The minimum Gasteiger partial charge on any atom is -0.503 e. The standard InChI is InChI=1S/C24H20ClNO5/c1-30-19-12-10-16(14-17(19)25)26-22(20-8-5-13-31-20)21(23(28)24(26)29)18(27)11-9-15-6-3-2-4-7-15/h2-8,10,12-14,22,28H,9,11H2,1H3. The number of aliphatic hydroxyl groups excluding tert-OH is 1. The summed E-state index contributed by atoms with van der Waals surface area (Å²) in [7, 11) is 1.49. The Hall–Kier alpha value is -3.51. The minimum atomic E-state index is -0.893. The summed E-state index contributed by atoms with van der Waals surface area (Å²) in [6, 6.07) is 16.8. The SMILES string of the molecule is COc1ccc(N2C(=O)C(O)=C(C(=O)CCc3ccccc3)C2c2ccco2)cc1Cl. The molecular formula is C24H20ClNO5. The van der Waals surface area contributed by atoms with Crippen molar-refractivity contribution in [3.8, 4) is 5.75 Å². The number of hydrogen-bond acceptors (Lipinski definition) is 5. The molecule has 0 radical (unpaired) electrons. The monoisotopic (exact) mass is 437 g/mol. The van der Waals surface area contributed by atoms with Crippen molar-refractivity contribution >= 4 is 29.0 Å². The van der Waals surface area contributed by atoms with Crippen LogP contribution in [0.5, 0.6) is 5.75 Å². The van der Waals surface area contributed by atoms with Gasteiger partial charge in [0.25, 0.3) is 5.91 Å². The number of rotatable bonds is 7. The van der Waals surface area contributed by atoms with Gasteiger partial charge in [-0.15, -0.1) is 0 Å². The zero-order chi connectivity index (χ0) is 22.0. The van der Waals surface area contributed by atoms with Crippen LogP contribution in [0.3, 0.4) is 0 Å². The minimum absolute atomic E-state index is 0.0165. The summed E-state index contributed by atoms with van der Waals surface area (Å²) in [6.07, 6.45) is 2.09. The van der Waals surface area contributed by atoms with E-state index in [2.05, 4.69) is 0 Å². The highest BCUT2D eigenvalue weighted by molar-refractivity contribution is 6.32. The van der Waals surface area contributed by atoms with Gasteiger partial charge in [0, 0.05) is 12.1 Å². The van der Waals surface area contributed by atoms with E-state index in [0.29, 0.717) is 28.6 Å². The first kappa shape index (κ1) is 20.8. The third-order valence-electron chi connectivity index (χ3n) is 5.22. The Morgan fingerprint density at radius 3 is 2.58 bits per heavy atom. The number of carbonyl (C=O) groups is 2. The highest BCUT2D eigenvalue weighted by atomic mass is 35.5. The summed E-state index contributed by atoms with van der Waals surface area (Å²) in [5.41, 5.74) is 1.42. The number of anilines is 1. The molecule has 1 unspecified atom stereocenters. The lowest BCUT2D eigenvalue weighted by molar-refractivity contribution is -0.118. The van der Waals surface area contributed by atoms with Crippen LogP contribution in [0, 0.1) is 0 Å². The summed E-state index contributed by atoms with van der Waals surface area (Å²) in [6.45, 7) is 0. The van der Waals surface area contributed by atoms with Crippen molar-refractivity contribution in [2.24, 2.45) is 0 Å². The third kappa shape index (κ3) is 3.94. The number of aliphatic hydroxyl groups is 1. The van der Waals surface area contributed by atoms with Crippen LogP contribution in [0.2, 0.25) is 5.02 Å². The predicted molar refractivity (Wildman–Crippen MR) is 116 cm³/mol. The lowest BCUT2D eigenvalue weighted by Crippen LogP contribution is -2.30. The zero-order valence-corrected chi connectivity index (χ0v) is 17.5. The molecule has 0 saturated carbocycles. The number of ether oxygens (including phenoxy) is 1. The van der Waals surface area contributed by atoms with Crippen molar-refractivity contribution in [2.75, 3.05) is 12.0 Å². The van der Waals surface area contributed by atoms with Crippen molar-refractivity contribution < 1.29 is 23.8 Å². The summed E-state index contributed by atoms with van der Waals surface area (Å²) in [5, 5.41) is 11.0. The Bertz CT molecular complexity index is 1140. The number of carbonyl (C=O) groups excluding carboxylic acids is 2. The normalized spacial score (nSPS) is 16.1. The fourth-order valence-corrected chi connectivity index (χ4v) is 3.97. The highest BCUT2D eigenvalue weighted by Crippen LogP contribution is 2.43. The van der Waals surface area contributed by atoms with E-state index < -0.39 is 17.7 Å². The fraction of sp³-hybridized carbons (Fsp3) is 0.167. The number of hydrogen-bond donors (Lipinski definition) is 1. The lowest BCUT2D eigenvalue weighted by atomic mass is 9.96. The van der Waals surface area contributed by atoms with Gasteiger partial charge in [-0.3, -0.25) is 14.5 Å². The van der Waals surface area contributed by atoms with Crippen molar-refractivity contribution in [2.45, 2.75) is 18.9 Å². The second-order valence-electron chi connectivity index (χ2n) is 7.08. The van der Waals surface area contributed by atoms with Crippen LogP contribution in [0.4, 0.5) is 5.69 Å². The Morgan fingerprint density at radius 1 is 1.16 bits per heavy atom. The van der Waals surface area contributed by atoms with E-state index in [4.69, 9.17) is 20.8 Å². The van der Waals surface area contributed by atoms with Crippen LogP contribution < -0.4 is 9.64 Å². The number of methoxy groups -OCH3 is 1. The summed E-state index contributed by atoms with van der Waals surface area (Å²) in [4.78, 5) is 27.5. The molecule has 1 amide bonds. The van der Waals surface area contributed by atoms with Gasteiger partial charge in [0.2, 0.25) is 0 Å². The first-order valence-corrected chi connectivity index (χ1v) is 10.1. The van der Waals surface area contributed by atoms with Crippen LogP contribution >= 0.6 is 11.6 Å². The van der Waals surface area contributed by atoms with Gasteiger partial charge in [-0.2, -0.15) is 0 Å². The topological polar surface area (TPSA) is 80.0 Å². The molecule has 0 spiro atoms. The maximum atomic E-state index is 13.1. The average Bonchev–Trinajstić information content (AvgIpc) is 3.40. The molecule has 7 heteroatoms. The fourth-order valence-electron chi connectivity index (χ4n) is 3.71. The van der Waals surface area contributed by atoms with Crippen LogP contribution in [0.25, 0.3) is 0 Å². The maximum Gasteiger partial charge on any atom is 0.294 e. The third-order valence-corrected chi connectivity index (χ3v) is 5.51. The number of furan rings is 1. The average molecular weight is 438 g/mol. The van der Waals surface area contributed by atoms with Gasteiger partial charge in [0.15, 0.2) is 11.5 Å². The van der Waals surface area contributed by atoms with Gasteiger partial charge < -0.3 is 14.3 Å². The molecule has 4 rings (SSSR count). The molecule has 1 atom stereocenters. The van der Waals surface area contributed by atoms with E-state index in [1.165, 1.54) is 18.3 Å². The molecule has 0 aliphatic carbocycles. The molecule has 1 aliphatic heterocycles. The van der Waals surface area contributed by atoms with E-state index in [0.717, 1.165) is 5.56 Å². The largest absolute Gasteiger partial charge is 0.503 e. The molecule has 2 heterocycles. The number of Topliss-reactive ketones (excluding diaryl/α,β-unsaturated/α-hetero) is 1. The zero-order valence-electron chi connectivity index (χ0n) is 16.7. The molecule has 0 fully saturated rings. The van der Waals surface area contributed by atoms with Crippen molar-refractivity contribution in [3.05, 3.63) is 94.6 Å². The smallest absolute Gasteiger partial charge is 0.294 e. The van der Waals surface area contributed by atoms with Gasteiger partial charge in [-0.25, -0.2) is 0 Å². The molecular weight excluding hydrogens is 418 g/mol. The van der Waals surface area contributed by atoms with E-state index in [-0.39, 0.29) is 17.8 Å². The first-order valence-electron chi connectivity index (χ1n) is 9.72. The molecule has 0 bridgehead atoms. The molecule has 6 nitrogen and oxygen atoms in total. The summed E-state index contributed by atoms with van der Waals surface area (Å²) < 4.78 is 10.7. The molecule has 1 N–H and O–H groups in total. The Morgan fingerprint density at radius 2 is 1.94 bits per heavy atom. The van der Waals surface area contributed by atoms with Crippen molar-refractivity contribution in [1.82, 2.24) is 0 Å². The van der Waals surface area contributed by atoms with Gasteiger partial charge in [0.05, 0.1) is 24.0 Å². The molecule has 0 saturated heterocycles. The van der Waals surface area contributed by atoms with E-state index in [9.17, 15) is 14.7 Å². The number of halogens is 1. The summed E-state index contributed by atoms with van der Waals surface area (Å²) >= 11 is 6.25. The number of aryl methyl sites for hydroxylation is 1. The number of ketones is 1. The molecule has 1 aromatic heterocycles. The van der Waals surface area contributed by atoms with Crippen LogP contribution in [-0.4, -0.2) is 23.9 Å². The van der Waals surface area contributed by atoms with Crippen LogP contribution in [0.1, 0.15) is 23.8 Å². The van der Waals surface area contributed by atoms with Crippen LogP contribution in [-0.2, 0) is 16.0 Å². The molecule has 1 aliphatic rings. The Labute approximate surface area is 184 Å². The maximum absolute atomic E-state index is 13.1. The molecule has 31 heavy (non-hydrogen) atoms. The second-order valence-corrected chi connectivity index (χ2v) is 7.49. The highest BCUT2D eigenvalue weighted by Gasteiger charge is 2.45. The van der Waals surface area contributed by atoms with Gasteiger partial charge in [0.1, 0.15) is 17.6 Å². The predicted octanol–water partition coefficient (Wildman–Crippen LogP) is 5.04. The number of amides is 1. The van der Waals surface area contributed by atoms with E-state index >= 15 is 0 Å².